The third-order valence-electron chi connectivity index (χ3n) is 3.12. The van der Waals surface area contributed by atoms with E-state index in [-0.39, 0.29) is 5.41 Å². The van der Waals surface area contributed by atoms with Gasteiger partial charge in [-0.25, -0.2) is 0 Å². The first-order valence-electron chi connectivity index (χ1n) is 4.99. The van der Waals surface area contributed by atoms with Crippen molar-refractivity contribution < 1.29 is 4.52 Å². The number of H-pyrrole nitrogens is 1. The molecule has 78 valence electrons. The summed E-state index contributed by atoms with van der Waals surface area (Å²) in [6.45, 7) is 0.723. The molecule has 1 aromatic heterocycles. The lowest BCUT2D eigenvalue weighted by molar-refractivity contribution is 0.293. The number of nitrogens with zero attached hydrogens (tertiary/aromatic N) is 1. The van der Waals surface area contributed by atoms with E-state index in [0.717, 1.165) is 18.8 Å². The zero-order chi connectivity index (χ0) is 10.0. The quantitative estimate of drug-likeness (QED) is 0.751. The molecule has 1 aromatic rings. The molecule has 2 rings (SSSR count). The van der Waals surface area contributed by atoms with E-state index in [1.807, 2.05) is 0 Å². The fourth-order valence-electron chi connectivity index (χ4n) is 2.27. The van der Waals surface area contributed by atoms with Gasteiger partial charge in [0.1, 0.15) is 0 Å². The highest BCUT2D eigenvalue weighted by Crippen LogP contribution is 2.39. The van der Waals surface area contributed by atoms with Gasteiger partial charge in [-0.15, -0.1) is 0 Å². The second-order valence-corrected chi connectivity index (χ2v) is 4.50. The molecule has 1 fully saturated rings. The molecular weight excluding hydrogens is 198 g/mol. The minimum absolute atomic E-state index is 0.231. The molecule has 0 spiro atoms. The first-order chi connectivity index (χ1) is 6.74. The summed E-state index contributed by atoms with van der Waals surface area (Å²) in [6, 6.07) is 0. The molecule has 0 bridgehead atoms. The molecule has 14 heavy (non-hydrogen) atoms. The minimum atomic E-state index is 0.231. The molecule has 0 aromatic carbocycles. The van der Waals surface area contributed by atoms with Crippen LogP contribution >= 0.6 is 12.2 Å². The molecule has 0 aliphatic heterocycles. The summed E-state index contributed by atoms with van der Waals surface area (Å²) >= 11 is 4.83. The SMILES string of the molecule is NCC1(Cc2noc(=S)[nH]2)CCCC1. The number of nitrogens with two attached hydrogens (primary N) is 1. The van der Waals surface area contributed by atoms with E-state index in [0.29, 0.717) is 4.84 Å². The molecule has 1 aliphatic rings. The molecule has 1 saturated carbocycles. The summed E-state index contributed by atoms with van der Waals surface area (Å²) in [5.74, 6) is 0.836. The van der Waals surface area contributed by atoms with E-state index in [1.54, 1.807) is 0 Å². The molecule has 1 aliphatic carbocycles. The fourth-order valence-corrected chi connectivity index (χ4v) is 2.42. The van der Waals surface area contributed by atoms with Gasteiger partial charge in [-0.1, -0.05) is 18.0 Å². The molecule has 5 heteroatoms. The lowest BCUT2D eigenvalue weighted by atomic mass is 9.82. The summed E-state index contributed by atoms with van der Waals surface area (Å²) in [4.78, 5) is 3.30. The van der Waals surface area contributed by atoms with Gasteiger partial charge < -0.3 is 10.3 Å². The van der Waals surface area contributed by atoms with Crippen molar-refractivity contribution >= 4 is 12.2 Å². The van der Waals surface area contributed by atoms with Crippen LogP contribution in [0.3, 0.4) is 0 Å². The van der Waals surface area contributed by atoms with Crippen molar-refractivity contribution in [2.24, 2.45) is 11.1 Å². The second-order valence-electron chi connectivity index (χ2n) is 4.13. The van der Waals surface area contributed by atoms with Gasteiger partial charge in [0.2, 0.25) is 0 Å². The lowest BCUT2D eigenvalue weighted by Gasteiger charge is -2.25. The van der Waals surface area contributed by atoms with Crippen molar-refractivity contribution in [3.8, 4) is 0 Å². The van der Waals surface area contributed by atoms with Crippen molar-refractivity contribution in [1.29, 1.82) is 0 Å². The Morgan fingerprint density at radius 3 is 2.71 bits per heavy atom. The monoisotopic (exact) mass is 213 g/mol. The molecule has 0 atom stereocenters. The highest BCUT2D eigenvalue weighted by Gasteiger charge is 2.33. The maximum absolute atomic E-state index is 5.83. The predicted molar refractivity (Wildman–Crippen MR) is 55.3 cm³/mol. The Labute approximate surface area is 87.9 Å². The maximum atomic E-state index is 5.83. The summed E-state index contributed by atoms with van der Waals surface area (Å²) in [5.41, 5.74) is 6.06. The van der Waals surface area contributed by atoms with Gasteiger partial charge in [-0.3, -0.25) is 4.98 Å². The molecule has 0 amide bonds. The van der Waals surface area contributed by atoms with E-state index in [1.165, 1.54) is 25.7 Å². The van der Waals surface area contributed by atoms with Gasteiger partial charge in [0.15, 0.2) is 5.82 Å². The van der Waals surface area contributed by atoms with Crippen LogP contribution in [0.2, 0.25) is 0 Å². The van der Waals surface area contributed by atoms with Crippen molar-refractivity contribution in [3.05, 3.63) is 10.7 Å². The molecular formula is C9H15N3OS. The number of hydrogen-bond donors (Lipinski definition) is 2. The van der Waals surface area contributed by atoms with Crippen LogP contribution in [0.15, 0.2) is 4.52 Å². The number of nitrogens with one attached hydrogen (secondary N) is 1. The summed E-state index contributed by atoms with van der Waals surface area (Å²) in [5, 5.41) is 3.88. The van der Waals surface area contributed by atoms with Crippen LogP contribution in [0.5, 0.6) is 0 Å². The van der Waals surface area contributed by atoms with Crippen LogP contribution < -0.4 is 5.73 Å². The van der Waals surface area contributed by atoms with Crippen molar-refractivity contribution in [2.45, 2.75) is 32.1 Å². The standard InChI is InChI=1S/C9H15N3OS/c10-6-9(3-1-2-4-9)5-7-11-8(14)13-12-7/h1-6,10H2,(H,11,12,14). The van der Waals surface area contributed by atoms with Crippen LogP contribution in [-0.4, -0.2) is 16.7 Å². The first kappa shape index (κ1) is 9.86. The van der Waals surface area contributed by atoms with Gasteiger partial charge in [0.25, 0.3) is 4.84 Å². The Morgan fingerprint density at radius 1 is 1.50 bits per heavy atom. The normalized spacial score (nSPS) is 20.1. The smallest absolute Gasteiger partial charge is 0.294 e. The average molecular weight is 213 g/mol. The fraction of sp³-hybridized carbons (Fsp3) is 0.778. The largest absolute Gasteiger partial charge is 0.330 e. The zero-order valence-electron chi connectivity index (χ0n) is 8.08. The summed E-state index contributed by atoms with van der Waals surface area (Å²) in [7, 11) is 0. The zero-order valence-corrected chi connectivity index (χ0v) is 8.90. The topological polar surface area (TPSA) is 67.8 Å². The average Bonchev–Trinajstić information content (AvgIpc) is 2.77. The van der Waals surface area contributed by atoms with E-state index < -0.39 is 0 Å². The Bertz CT molecular complexity index is 351. The molecule has 0 unspecified atom stereocenters. The van der Waals surface area contributed by atoms with Crippen LogP contribution in [0.25, 0.3) is 0 Å². The van der Waals surface area contributed by atoms with Crippen LogP contribution in [-0.2, 0) is 6.42 Å². The van der Waals surface area contributed by atoms with Gasteiger partial charge in [-0.05, 0) is 37.0 Å². The summed E-state index contributed by atoms with van der Waals surface area (Å²) < 4.78 is 4.83. The number of aromatic nitrogens is 2. The van der Waals surface area contributed by atoms with Gasteiger partial charge in [0, 0.05) is 6.42 Å². The highest BCUT2D eigenvalue weighted by molar-refractivity contribution is 7.71. The minimum Gasteiger partial charge on any atom is -0.330 e. The predicted octanol–water partition coefficient (Wildman–Crippen LogP) is 1.79. The lowest BCUT2D eigenvalue weighted by Crippen LogP contribution is -2.30. The molecule has 1 heterocycles. The van der Waals surface area contributed by atoms with Gasteiger partial charge >= 0.3 is 0 Å². The van der Waals surface area contributed by atoms with Crippen molar-refractivity contribution in [2.75, 3.05) is 6.54 Å². The number of rotatable bonds is 3. The third-order valence-corrected chi connectivity index (χ3v) is 3.30. The van der Waals surface area contributed by atoms with Crippen LogP contribution in [0, 0.1) is 10.3 Å². The second kappa shape index (κ2) is 3.82. The van der Waals surface area contributed by atoms with E-state index in [9.17, 15) is 0 Å². The van der Waals surface area contributed by atoms with Gasteiger partial charge in [-0.2, -0.15) is 0 Å². The van der Waals surface area contributed by atoms with Crippen LogP contribution in [0.4, 0.5) is 0 Å². The molecule has 0 radical (unpaired) electrons. The van der Waals surface area contributed by atoms with Crippen molar-refractivity contribution in [1.82, 2.24) is 10.1 Å². The Kier molecular flexibility index (Phi) is 2.69. The molecule has 0 saturated heterocycles. The first-order valence-corrected chi connectivity index (χ1v) is 5.40. The molecule has 4 nitrogen and oxygen atoms in total. The number of hydrogen-bond acceptors (Lipinski definition) is 4. The number of aromatic amines is 1. The Hall–Kier alpha value is -0.680. The van der Waals surface area contributed by atoms with E-state index >= 15 is 0 Å². The highest BCUT2D eigenvalue weighted by atomic mass is 32.1. The third kappa shape index (κ3) is 1.88. The van der Waals surface area contributed by atoms with Crippen molar-refractivity contribution in [3.63, 3.8) is 0 Å². The maximum Gasteiger partial charge on any atom is 0.294 e. The van der Waals surface area contributed by atoms with Gasteiger partial charge in [0.05, 0.1) is 0 Å². The molecule has 3 N–H and O–H groups in total. The van der Waals surface area contributed by atoms with E-state index in [4.69, 9.17) is 22.5 Å². The van der Waals surface area contributed by atoms with Crippen LogP contribution in [0.1, 0.15) is 31.5 Å². The Morgan fingerprint density at radius 2 is 2.21 bits per heavy atom. The Balaban J connectivity index is 2.11. The van der Waals surface area contributed by atoms with E-state index in [2.05, 4.69) is 10.1 Å². The summed E-state index contributed by atoms with van der Waals surface area (Å²) in [6.07, 6.45) is 5.79.